The summed E-state index contributed by atoms with van der Waals surface area (Å²) in [5.41, 5.74) is 4.17. The number of nitrogens with two attached hydrogens (primary N) is 1. The zero-order valence-electron chi connectivity index (χ0n) is 12.1. The highest BCUT2D eigenvalue weighted by Gasteiger charge is 2.31. The summed E-state index contributed by atoms with van der Waals surface area (Å²) in [4.78, 5) is 22.3. The van der Waals surface area contributed by atoms with Crippen molar-refractivity contribution in [1.29, 1.82) is 0 Å². The van der Waals surface area contributed by atoms with E-state index in [1.54, 1.807) is 6.92 Å². The summed E-state index contributed by atoms with van der Waals surface area (Å²) in [6.45, 7) is 5.64. The van der Waals surface area contributed by atoms with Gasteiger partial charge in [-0.15, -0.1) is 12.4 Å². The van der Waals surface area contributed by atoms with Gasteiger partial charge in [-0.25, -0.2) is 4.39 Å². The monoisotopic (exact) mass is 319 g/mol. The van der Waals surface area contributed by atoms with Gasteiger partial charge in [0.2, 0.25) is 0 Å². The van der Waals surface area contributed by atoms with Crippen LogP contribution in [0.5, 0.6) is 0 Å². The first-order chi connectivity index (χ1) is 9.21. The molecule has 8 heteroatoms. The Morgan fingerprint density at radius 3 is 2.52 bits per heavy atom. The van der Waals surface area contributed by atoms with Gasteiger partial charge in [-0.05, 0) is 25.0 Å². The molecule has 0 spiro atoms. The van der Waals surface area contributed by atoms with E-state index in [1.807, 2.05) is 13.8 Å². The zero-order chi connectivity index (χ0) is 15.5. The minimum absolute atomic E-state index is 0. The quantitative estimate of drug-likeness (QED) is 0.642. The van der Waals surface area contributed by atoms with Crippen LogP contribution in [-0.4, -0.2) is 22.9 Å². The molecule has 0 saturated carbocycles. The van der Waals surface area contributed by atoms with Crippen LogP contribution in [0.2, 0.25) is 0 Å². The molecule has 1 amide bonds. The van der Waals surface area contributed by atoms with Gasteiger partial charge in [-0.1, -0.05) is 13.8 Å². The first-order valence-corrected chi connectivity index (χ1v) is 6.18. The molecule has 0 fully saturated rings. The van der Waals surface area contributed by atoms with E-state index in [0.717, 1.165) is 18.2 Å². The minimum atomic E-state index is -0.725. The lowest BCUT2D eigenvalue weighted by molar-refractivity contribution is -0.385. The number of benzene rings is 1. The Morgan fingerprint density at radius 2 is 2.10 bits per heavy atom. The highest BCUT2D eigenvalue weighted by molar-refractivity contribution is 5.98. The molecule has 118 valence electrons. The third-order valence-electron chi connectivity index (χ3n) is 3.50. The summed E-state index contributed by atoms with van der Waals surface area (Å²) >= 11 is 0. The van der Waals surface area contributed by atoms with Crippen LogP contribution in [0.25, 0.3) is 0 Å². The fourth-order valence-corrected chi connectivity index (χ4v) is 1.61. The van der Waals surface area contributed by atoms with E-state index in [-0.39, 0.29) is 30.4 Å². The van der Waals surface area contributed by atoms with Gasteiger partial charge >= 0.3 is 0 Å². The summed E-state index contributed by atoms with van der Waals surface area (Å²) in [6, 6.07) is 2.77. The van der Waals surface area contributed by atoms with Gasteiger partial charge in [-0.2, -0.15) is 0 Å². The third kappa shape index (κ3) is 4.37. The van der Waals surface area contributed by atoms with Crippen molar-refractivity contribution >= 4 is 24.0 Å². The smallest absolute Gasteiger partial charge is 0.282 e. The van der Waals surface area contributed by atoms with Crippen LogP contribution in [0.3, 0.4) is 0 Å². The topological polar surface area (TPSA) is 98.3 Å². The lowest BCUT2D eigenvalue weighted by Crippen LogP contribution is -2.55. The number of amides is 1. The summed E-state index contributed by atoms with van der Waals surface area (Å²) in [7, 11) is 0. The first-order valence-electron chi connectivity index (χ1n) is 6.18. The molecule has 0 bridgehead atoms. The van der Waals surface area contributed by atoms with Gasteiger partial charge in [0.05, 0.1) is 10.5 Å². The average molecular weight is 320 g/mol. The van der Waals surface area contributed by atoms with Crippen molar-refractivity contribution in [3.63, 3.8) is 0 Å². The lowest BCUT2D eigenvalue weighted by Gasteiger charge is -2.33. The molecule has 1 unspecified atom stereocenters. The fourth-order valence-electron chi connectivity index (χ4n) is 1.61. The Labute approximate surface area is 128 Å². The van der Waals surface area contributed by atoms with Gasteiger partial charge in [0.25, 0.3) is 11.6 Å². The summed E-state index contributed by atoms with van der Waals surface area (Å²) < 4.78 is 13.2. The molecule has 0 aromatic heterocycles. The molecule has 0 saturated heterocycles. The van der Waals surface area contributed by atoms with E-state index in [4.69, 9.17) is 5.73 Å². The summed E-state index contributed by atoms with van der Waals surface area (Å²) in [5, 5.41) is 13.5. The molecule has 1 rings (SSSR count). The van der Waals surface area contributed by atoms with Crippen molar-refractivity contribution in [3.8, 4) is 0 Å². The maximum Gasteiger partial charge on any atom is 0.282 e. The molecule has 0 aliphatic heterocycles. The van der Waals surface area contributed by atoms with Crippen LogP contribution < -0.4 is 11.1 Å². The number of hydrogen-bond donors (Lipinski definition) is 2. The lowest BCUT2D eigenvalue weighted by atomic mass is 9.88. The number of hydrogen-bond acceptors (Lipinski definition) is 4. The largest absolute Gasteiger partial charge is 0.345 e. The number of carbonyl (C=O) groups is 1. The van der Waals surface area contributed by atoms with E-state index in [2.05, 4.69) is 5.32 Å². The van der Waals surface area contributed by atoms with E-state index >= 15 is 0 Å². The van der Waals surface area contributed by atoms with Crippen molar-refractivity contribution in [2.24, 2.45) is 11.7 Å². The number of carbonyl (C=O) groups excluding carboxylic acids is 1. The Balaban J connectivity index is 0.00000400. The molecule has 6 nitrogen and oxygen atoms in total. The maximum atomic E-state index is 13.2. The van der Waals surface area contributed by atoms with Gasteiger partial charge in [0.1, 0.15) is 11.4 Å². The number of halogens is 2. The number of nitro benzene ring substituents is 1. The van der Waals surface area contributed by atoms with E-state index in [1.165, 1.54) is 0 Å². The minimum Gasteiger partial charge on any atom is -0.345 e. The zero-order valence-corrected chi connectivity index (χ0v) is 12.9. The van der Waals surface area contributed by atoms with Crippen molar-refractivity contribution in [2.75, 3.05) is 6.54 Å². The van der Waals surface area contributed by atoms with Crippen LogP contribution in [0.15, 0.2) is 18.2 Å². The highest BCUT2D eigenvalue weighted by Crippen LogP contribution is 2.22. The van der Waals surface area contributed by atoms with E-state index < -0.39 is 27.9 Å². The highest BCUT2D eigenvalue weighted by atomic mass is 35.5. The standard InChI is InChI=1S/C13H18FN3O3.ClH/c1-8(2)13(3,7-15)16-12(18)10-6-9(14)4-5-11(10)17(19)20;/h4-6,8H,7,15H2,1-3H3,(H,16,18);1H. The van der Waals surface area contributed by atoms with E-state index in [0.29, 0.717) is 0 Å². The SMILES string of the molecule is CC(C)C(C)(CN)NC(=O)c1cc(F)ccc1[N+](=O)[O-].Cl. The number of nitrogens with one attached hydrogen (secondary N) is 1. The Bertz CT molecular complexity index is 539. The summed E-state index contributed by atoms with van der Waals surface area (Å²) in [5.74, 6) is -1.40. The van der Waals surface area contributed by atoms with E-state index in [9.17, 15) is 19.3 Å². The molecule has 1 atom stereocenters. The fraction of sp³-hybridized carbons (Fsp3) is 0.462. The van der Waals surface area contributed by atoms with Crippen LogP contribution in [0, 0.1) is 21.8 Å². The second-order valence-electron chi connectivity index (χ2n) is 5.15. The molecular formula is C13H19ClFN3O3. The molecule has 1 aromatic rings. The molecule has 21 heavy (non-hydrogen) atoms. The number of nitrogens with zero attached hydrogens (tertiary/aromatic N) is 1. The normalized spacial score (nSPS) is 13.2. The molecule has 0 radical (unpaired) electrons. The predicted octanol–water partition coefficient (Wildman–Crippen LogP) is 2.26. The van der Waals surface area contributed by atoms with Gasteiger partial charge in [0, 0.05) is 12.6 Å². The molecule has 0 heterocycles. The molecule has 0 aliphatic rings. The van der Waals surface area contributed by atoms with Gasteiger partial charge < -0.3 is 11.1 Å². The first kappa shape index (κ1) is 19.3. The third-order valence-corrected chi connectivity index (χ3v) is 3.50. The molecule has 0 aliphatic carbocycles. The average Bonchev–Trinajstić information content (AvgIpc) is 2.37. The van der Waals surface area contributed by atoms with Crippen molar-refractivity contribution < 1.29 is 14.1 Å². The second kappa shape index (κ2) is 7.33. The predicted molar refractivity (Wildman–Crippen MR) is 80.1 cm³/mol. The van der Waals surface area contributed by atoms with Crippen molar-refractivity contribution in [2.45, 2.75) is 26.3 Å². The van der Waals surface area contributed by atoms with Crippen LogP contribution in [-0.2, 0) is 0 Å². The second-order valence-corrected chi connectivity index (χ2v) is 5.15. The van der Waals surface area contributed by atoms with Crippen LogP contribution in [0.4, 0.5) is 10.1 Å². The molecule has 1 aromatic carbocycles. The van der Waals surface area contributed by atoms with Gasteiger partial charge in [0.15, 0.2) is 0 Å². The Morgan fingerprint density at radius 1 is 1.52 bits per heavy atom. The number of nitro groups is 1. The van der Waals surface area contributed by atoms with Gasteiger partial charge in [-0.3, -0.25) is 14.9 Å². The summed E-state index contributed by atoms with van der Waals surface area (Å²) in [6.07, 6.45) is 0. The Kier molecular flexibility index (Phi) is 6.72. The molecular weight excluding hydrogens is 301 g/mol. The van der Waals surface area contributed by atoms with Crippen molar-refractivity contribution in [1.82, 2.24) is 5.32 Å². The maximum absolute atomic E-state index is 13.2. The van der Waals surface area contributed by atoms with Crippen LogP contribution in [0.1, 0.15) is 31.1 Å². The van der Waals surface area contributed by atoms with Crippen LogP contribution >= 0.6 is 12.4 Å². The number of rotatable bonds is 5. The molecule has 3 N–H and O–H groups in total. The Hall–Kier alpha value is -1.73. The van der Waals surface area contributed by atoms with Crippen molar-refractivity contribution in [3.05, 3.63) is 39.7 Å².